The van der Waals surface area contributed by atoms with Crippen molar-refractivity contribution in [3.05, 3.63) is 48.5 Å². The van der Waals surface area contributed by atoms with Crippen LogP contribution in [0.5, 0.6) is 0 Å². The fraction of sp³-hybridized carbons (Fsp3) is 0.278. The van der Waals surface area contributed by atoms with Gasteiger partial charge in [0.2, 0.25) is 9.84 Å². The summed E-state index contributed by atoms with van der Waals surface area (Å²) >= 11 is 0. The molecule has 1 aliphatic heterocycles. The summed E-state index contributed by atoms with van der Waals surface area (Å²) in [5.41, 5.74) is 1.89. The first-order valence-electron chi connectivity index (χ1n) is 8.30. The van der Waals surface area contributed by atoms with Crippen LogP contribution in [0.25, 0.3) is 10.9 Å². The van der Waals surface area contributed by atoms with Crippen LogP contribution >= 0.6 is 0 Å². The van der Waals surface area contributed by atoms with Crippen molar-refractivity contribution in [1.29, 1.82) is 0 Å². The Labute approximate surface area is 147 Å². The molecule has 6 nitrogen and oxygen atoms in total. The van der Waals surface area contributed by atoms with Crippen LogP contribution < -0.4 is 10.2 Å². The number of fused-ring (bicyclic) bond motifs is 1. The molecule has 1 aliphatic rings. The molecule has 3 aromatic rings. The molecule has 0 aliphatic carbocycles. The van der Waals surface area contributed by atoms with Crippen LogP contribution in [0, 0.1) is 0 Å². The van der Waals surface area contributed by atoms with Gasteiger partial charge in [-0.1, -0.05) is 24.3 Å². The lowest BCUT2D eigenvalue weighted by Gasteiger charge is -2.30. The normalized spacial score (nSPS) is 15.6. The van der Waals surface area contributed by atoms with E-state index < -0.39 is 9.84 Å². The van der Waals surface area contributed by atoms with Crippen LogP contribution in [-0.2, 0) is 16.9 Å². The lowest BCUT2D eigenvalue weighted by Crippen LogP contribution is -2.43. The number of aromatic nitrogens is 2. The Balaban J connectivity index is 1.90. The summed E-state index contributed by atoms with van der Waals surface area (Å²) in [6.45, 7) is 3.63. The Morgan fingerprint density at radius 2 is 1.72 bits per heavy atom. The minimum absolute atomic E-state index is 0.119. The molecule has 0 atom stereocenters. The molecule has 4 rings (SSSR count). The van der Waals surface area contributed by atoms with Crippen LogP contribution in [0.2, 0.25) is 0 Å². The van der Waals surface area contributed by atoms with Gasteiger partial charge in [-0.2, -0.15) is 5.10 Å². The van der Waals surface area contributed by atoms with Crippen molar-refractivity contribution in [3.8, 4) is 0 Å². The van der Waals surface area contributed by atoms with Gasteiger partial charge in [0.1, 0.15) is 0 Å². The number of rotatable bonds is 3. The summed E-state index contributed by atoms with van der Waals surface area (Å²) < 4.78 is 27.8. The Kier molecular flexibility index (Phi) is 3.97. The van der Waals surface area contributed by atoms with E-state index in [0.29, 0.717) is 5.39 Å². The molecule has 0 spiro atoms. The number of hydrogen-bond donors (Lipinski definition) is 1. The number of sulfone groups is 1. The summed E-state index contributed by atoms with van der Waals surface area (Å²) in [7, 11) is -1.85. The van der Waals surface area contributed by atoms with Crippen molar-refractivity contribution >= 4 is 26.4 Å². The molecule has 0 amide bonds. The number of para-hydroxylation sites is 1. The van der Waals surface area contributed by atoms with Crippen LogP contribution in [0.1, 0.15) is 0 Å². The van der Waals surface area contributed by atoms with Gasteiger partial charge in [-0.05, 0) is 24.3 Å². The highest BCUT2D eigenvalue weighted by Gasteiger charge is 2.26. The second-order valence-electron chi connectivity index (χ2n) is 6.16. The number of anilines is 1. The lowest BCUT2D eigenvalue weighted by molar-refractivity contribution is 0.587. The van der Waals surface area contributed by atoms with E-state index >= 15 is 0 Å². The van der Waals surface area contributed by atoms with E-state index in [4.69, 9.17) is 0 Å². The maximum atomic E-state index is 13.0. The Morgan fingerprint density at radius 3 is 2.44 bits per heavy atom. The SMILES string of the molecule is Cn1nc(S(=O)(=O)c2ccccc2)c2cccc(N3CCNCC3)c21. The first kappa shape index (κ1) is 16.1. The van der Waals surface area contributed by atoms with Gasteiger partial charge in [-0.3, -0.25) is 4.68 Å². The second-order valence-corrected chi connectivity index (χ2v) is 8.02. The van der Waals surface area contributed by atoms with Gasteiger partial charge in [-0.15, -0.1) is 0 Å². The average molecular weight is 356 g/mol. The molecule has 1 N–H and O–H groups in total. The van der Waals surface area contributed by atoms with E-state index in [-0.39, 0.29) is 9.92 Å². The quantitative estimate of drug-likeness (QED) is 0.775. The smallest absolute Gasteiger partial charge is 0.226 e. The topological polar surface area (TPSA) is 67.2 Å². The second kappa shape index (κ2) is 6.16. The predicted octanol–water partition coefficient (Wildman–Crippen LogP) is 1.82. The van der Waals surface area contributed by atoms with E-state index in [0.717, 1.165) is 37.4 Å². The third-order valence-corrected chi connectivity index (χ3v) is 6.28. The average Bonchev–Trinajstić information content (AvgIpc) is 3.01. The molecule has 25 heavy (non-hydrogen) atoms. The molecule has 2 heterocycles. The molecule has 2 aromatic carbocycles. The monoisotopic (exact) mass is 356 g/mol. The fourth-order valence-electron chi connectivity index (χ4n) is 3.35. The van der Waals surface area contributed by atoms with Gasteiger partial charge in [0.15, 0.2) is 5.03 Å². The van der Waals surface area contributed by atoms with E-state index in [9.17, 15) is 8.42 Å². The first-order chi connectivity index (χ1) is 12.1. The van der Waals surface area contributed by atoms with Crippen molar-refractivity contribution < 1.29 is 8.42 Å². The summed E-state index contributed by atoms with van der Waals surface area (Å²) in [5, 5.41) is 8.51. The molecule has 0 saturated carbocycles. The highest BCUT2D eigenvalue weighted by molar-refractivity contribution is 7.91. The lowest BCUT2D eigenvalue weighted by atomic mass is 10.2. The minimum atomic E-state index is -3.66. The van der Waals surface area contributed by atoms with Crippen LogP contribution in [0.3, 0.4) is 0 Å². The van der Waals surface area contributed by atoms with Gasteiger partial charge in [0.25, 0.3) is 0 Å². The number of aryl methyl sites for hydroxylation is 1. The van der Waals surface area contributed by atoms with E-state index in [1.807, 2.05) is 18.2 Å². The van der Waals surface area contributed by atoms with Crippen LogP contribution in [-0.4, -0.2) is 44.4 Å². The molecule has 0 radical (unpaired) electrons. The van der Waals surface area contributed by atoms with Crippen molar-refractivity contribution in [2.75, 3.05) is 31.1 Å². The molecule has 1 fully saturated rings. The molecular formula is C18H20N4O2S. The molecule has 1 saturated heterocycles. The van der Waals surface area contributed by atoms with Gasteiger partial charge < -0.3 is 10.2 Å². The Bertz CT molecular complexity index is 1010. The summed E-state index contributed by atoms with van der Waals surface area (Å²) in [6.07, 6.45) is 0. The van der Waals surface area contributed by atoms with Crippen LogP contribution in [0.15, 0.2) is 58.5 Å². The van der Waals surface area contributed by atoms with E-state index in [1.54, 1.807) is 42.1 Å². The van der Waals surface area contributed by atoms with Crippen molar-refractivity contribution in [1.82, 2.24) is 15.1 Å². The Morgan fingerprint density at radius 1 is 1.00 bits per heavy atom. The zero-order chi connectivity index (χ0) is 17.4. The third-order valence-electron chi connectivity index (χ3n) is 4.58. The van der Waals surface area contributed by atoms with Gasteiger partial charge in [0.05, 0.1) is 16.1 Å². The number of piperazine rings is 1. The fourth-order valence-corrected chi connectivity index (χ4v) is 4.78. The largest absolute Gasteiger partial charge is 0.367 e. The summed E-state index contributed by atoms with van der Waals surface area (Å²) in [6, 6.07) is 14.3. The number of nitrogens with one attached hydrogen (secondary N) is 1. The van der Waals surface area contributed by atoms with Gasteiger partial charge in [-0.25, -0.2) is 8.42 Å². The predicted molar refractivity (Wildman–Crippen MR) is 97.7 cm³/mol. The molecule has 0 bridgehead atoms. The highest BCUT2D eigenvalue weighted by atomic mass is 32.2. The standard InChI is InChI=1S/C18H20N4O2S/c1-21-17-15(8-5-9-16(17)22-12-10-19-11-13-22)18(20-21)25(23,24)14-6-3-2-4-7-14/h2-9,19H,10-13H2,1H3. The zero-order valence-corrected chi connectivity index (χ0v) is 14.8. The van der Waals surface area contributed by atoms with Gasteiger partial charge in [0, 0.05) is 38.6 Å². The zero-order valence-electron chi connectivity index (χ0n) is 14.0. The van der Waals surface area contributed by atoms with Crippen molar-refractivity contribution in [2.24, 2.45) is 7.05 Å². The van der Waals surface area contributed by atoms with Crippen molar-refractivity contribution in [2.45, 2.75) is 9.92 Å². The first-order valence-corrected chi connectivity index (χ1v) is 9.79. The van der Waals surface area contributed by atoms with E-state index in [1.165, 1.54) is 0 Å². The number of benzene rings is 2. The van der Waals surface area contributed by atoms with Gasteiger partial charge >= 0.3 is 0 Å². The summed E-state index contributed by atoms with van der Waals surface area (Å²) in [4.78, 5) is 2.54. The summed E-state index contributed by atoms with van der Waals surface area (Å²) in [5.74, 6) is 0. The molecule has 130 valence electrons. The molecule has 0 unspecified atom stereocenters. The van der Waals surface area contributed by atoms with Crippen molar-refractivity contribution in [3.63, 3.8) is 0 Å². The third kappa shape index (κ3) is 2.69. The maximum absolute atomic E-state index is 13.0. The molecule has 7 heteroatoms. The highest BCUT2D eigenvalue weighted by Crippen LogP contribution is 2.33. The molecular weight excluding hydrogens is 336 g/mol. The number of nitrogens with zero attached hydrogens (tertiary/aromatic N) is 3. The Hall–Kier alpha value is -2.38. The maximum Gasteiger partial charge on any atom is 0.226 e. The van der Waals surface area contributed by atoms with E-state index in [2.05, 4.69) is 15.3 Å². The molecule has 1 aromatic heterocycles. The minimum Gasteiger partial charge on any atom is -0.367 e. The number of hydrogen-bond acceptors (Lipinski definition) is 5. The van der Waals surface area contributed by atoms with Crippen LogP contribution in [0.4, 0.5) is 5.69 Å².